The molecule has 2 rings (SSSR count). The van der Waals surface area contributed by atoms with Crippen LogP contribution >= 0.6 is 11.6 Å². The van der Waals surface area contributed by atoms with Crippen molar-refractivity contribution in [2.24, 2.45) is 5.92 Å². The Hall–Kier alpha value is -1.13. The second-order valence-electron chi connectivity index (χ2n) is 5.17. The summed E-state index contributed by atoms with van der Waals surface area (Å²) in [5, 5.41) is 3.26. The van der Waals surface area contributed by atoms with Gasteiger partial charge < -0.3 is 10.2 Å². The lowest BCUT2D eigenvalue weighted by molar-refractivity contribution is 0.0940. The smallest absolute Gasteiger partial charge is 0.269 e. The van der Waals surface area contributed by atoms with E-state index in [0.29, 0.717) is 23.3 Å². The monoisotopic (exact) mass is 281 g/mol. The van der Waals surface area contributed by atoms with E-state index < -0.39 is 0 Å². The van der Waals surface area contributed by atoms with Gasteiger partial charge in [0.05, 0.1) is 0 Å². The van der Waals surface area contributed by atoms with Crippen LogP contribution in [-0.4, -0.2) is 42.0 Å². The predicted molar refractivity (Wildman–Crippen MR) is 76.4 cm³/mol. The number of carbonyl (C=O) groups is 1. The quantitative estimate of drug-likeness (QED) is 0.842. The molecule has 4 nitrogen and oxygen atoms in total. The molecule has 1 atom stereocenters. The molecule has 19 heavy (non-hydrogen) atoms. The first-order valence-electron chi connectivity index (χ1n) is 6.78. The second-order valence-corrected chi connectivity index (χ2v) is 5.56. The topological polar surface area (TPSA) is 45.2 Å². The molecular weight excluding hydrogens is 262 g/mol. The molecule has 1 aliphatic heterocycles. The number of hydrogen-bond acceptors (Lipinski definition) is 3. The average molecular weight is 282 g/mol. The Bertz CT molecular complexity index is 432. The number of hydrogen-bond donors (Lipinski definition) is 1. The molecule has 0 aromatic carbocycles. The van der Waals surface area contributed by atoms with E-state index in [0.717, 1.165) is 6.54 Å². The van der Waals surface area contributed by atoms with Gasteiger partial charge in [0.2, 0.25) is 0 Å². The van der Waals surface area contributed by atoms with Gasteiger partial charge in [-0.2, -0.15) is 0 Å². The lowest BCUT2D eigenvalue weighted by atomic mass is 10.1. The molecule has 1 aromatic rings. The standard InChI is InChI=1S/C14H20ClN3O/c1-11(10-18-7-2-3-8-18)9-16-14(19)12-5-4-6-13(15)17-12/h4-6,11H,2-3,7-10H2,1H3,(H,16,19). The van der Waals surface area contributed by atoms with E-state index in [4.69, 9.17) is 11.6 Å². The Morgan fingerprint density at radius 3 is 2.89 bits per heavy atom. The highest BCUT2D eigenvalue weighted by atomic mass is 35.5. The number of halogens is 1. The van der Waals surface area contributed by atoms with E-state index in [1.165, 1.54) is 25.9 Å². The Balaban J connectivity index is 1.76. The number of aromatic nitrogens is 1. The van der Waals surface area contributed by atoms with Crippen molar-refractivity contribution < 1.29 is 4.79 Å². The SMILES string of the molecule is CC(CNC(=O)c1cccc(Cl)n1)CN1CCCC1. The lowest BCUT2D eigenvalue weighted by Gasteiger charge is -2.20. The first-order chi connectivity index (χ1) is 9.15. The number of likely N-dealkylation sites (tertiary alicyclic amines) is 1. The van der Waals surface area contributed by atoms with Gasteiger partial charge in [-0.05, 0) is 44.0 Å². The van der Waals surface area contributed by atoms with Crippen molar-refractivity contribution in [2.75, 3.05) is 26.2 Å². The molecule has 104 valence electrons. The van der Waals surface area contributed by atoms with Gasteiger partial charge in [0.15, 0.2) is 0 Å². The van der Waals surface area contributed by atoms with Crippen LogP contribution in [0.15, 0.2) is 18.2 Å². The third-order valence-corrected chi connectivity index (χ3v) is 3.54. The molecule has 1 aliphatic rings. The molecule has 2 heterocycles. The van der Waals surface area contributed by atoms with Gasteiger partial charge in [-0.15, -0.1) is 0 Å². The van der Waals surface area contributed by atoms with E-state index in [1.54, 1.807) is 18.2 Å². The molecular formula is C14H20ClN3O. The predicted octanol–water partition coefficient (Wildman–Crippen LogP) is 2.20. The van der Waals surface area contributed by atoms with Crippen LogP contribution in [0.4, 0.5) is 0 Å². The van der Waals surface area contributed by atoms with E-state index >= 15 is 0 Å². The van der Waals surface area contributed by atoms with Crippen LogP contribution in [-0.2, 0) is 0 Å². The first kappa shape index (κ1) is 14.3. The molecule has 0 aliphatic carbocycles. The maximum atomic E-state index is 11.9. The summed E-state index contributed by atoms with van der Waals surface area (Å²) in [6.45, 7) is 6.25. The molecule has 0 bridgehead atoms. The van der Waals surface area contributed by atoms with Crippen molar-refractivity contribution in [1.82, 2.24) is 15.2 Å². The van der Waals surface area contributed by atoms with Gasteiger partial charge in [-0.3, -0.25) is 4.79 Å². The highest BCUT2D eigenvalue weighted by molar-refractivity contribution is 6.29. The van der Waals surface area contributed by atoms with Crippen LogP contribution in [0, 0.1) is 5.92 Å². The third kappa shape index (κ3) is 4.48. The van der Waals surface area contributed by atoms with Crippen LogP contribution in [0.1, 0.15) is 30.3 Å². The van der Waals surface area contributed by atoms with Crippen LogP contribution in [0.5, 0.6) is 0 Å². The van der Waals surface area contributed by atoms with Crippen molar-refractivity contribution in [3.63, 3.8) is 0 Å². The molecule has 1 aromatic heterocycles. The fourth-order valence-corrected chi connectivity index (χ4v) is 2.53. The van der Waals surface area contributed by atoms with E-state index in [9.17, 15) is 4.79 Å². The Morgan fingerprint density at radius 2 is 2.21 bits per heavy atom. The number of nitrogens with zero attached hydrogens (tertiary/aromatic N) is 2. The summed E-state index contributed by atoms with van der Waals surface area (Å²) in [7, 11) is 0. The fraction of sp³-hybridized carbons (Fsp3) is 0.571. The van der Waals surface area contributed by atoms with Gasteiger partial charge in [-0.1, -0.05) is 24.6 Å². The summed E-state index contributed by atoms with van der Waals surface area (Å²) in [5.41, 5.74) is 0.376. The number of amides is 1. The minimum atomic E-state index is -0.157. The number of nitrogens with one attached hydrogen (secondary N) is 1. The molecule has 1 amide bonds. The van der Waals surface area contributed by atoms with E-state index in [2.05, 4.69) is 22.1 Å². The second kappa shape index (κ2) is 6.87. The molecule has 1 saturated heterocycles. The Kier molecular flexibility index (Phi) is 5.16. The lowest BCUT2D eigenvalue weighted by Crippen LogP contribution is -2.34. The molecule has 0 radical (unpaired) electrons. The summed E-state index contributed by atoms with van der Waals surface area (Å²) in [5.74, 6) is 0.289. The Morgan fingerprint density at radius 1 is 1.47 bits per heavy atom. The third-order valence-electron chi connectivity index (χ3n) is 3.33. The number of carbonyl (C=O) groups excluding carboxylic acids is 1. The normalized spacial score (nSPS) is 17.4. The van der Waals surface area contributed by atoms with Crippen molar-refractivity contribution in [3.05, 3.63) is 29.0 Å². The Labute approximate surface area is 119 Å². The summed E-state index contributed by atoms with van der Waals surface area (Å²) in [4.78, 5) is 18.3. The fourth-order valence-electron chi connectivity index (χ4n) is 2.36. The highest BCUT2D eigenvalue weighted by Gasteiger charge is 2.15. The van der Waals surface area contributed by atoms with E-state index in [-0.39, 0.29) is 5.91 Å². The van der Waals surface area contributed by atoms with Crippen LogP contribution in [0.2, 0.25) is 5.15 Å². The number of pyridine rings is 1. The van der Waals surface area contributed by atoms with E-state index in [1.807, 2.05) is 0 Å². The van der Waals surface area contributed by atoms with Crippen molar-refractivity contribution in [3.8, 4) is 0 Å². The summed E-state index contributed by atoms with van der Waals surface area (Å²) >= 11 is 5.77. The van der Waals surface area contributed by atoms with Gasteiger partial charge in [-0.25, -0.2) is 4.98 Å². The average Bonchev–Trinajstić information content (AvgIpc) is 2.88. The van der Waals surface area contributed by atoms with Crippen LogP contribution in [0.25, 0.3) is 0 Å². The highest BCUT2D eigenvalue weighted by Crippen LogP contribution is 2.10. The molecule has 0 spiro atoms. The van der Waals surface area contributed by atoms with Crippen molar-refractivity contribution in [1.29, 1.82) is 0 Å². The molecule has 1 N–H and O–H groups in total. The molecule has 5 heteroatoms. The molecule has 1 fully saturated rings. The summed E-state index contributed by atoms with van der Waals surface area (Å²) in [6, 6.07) is 5.07. The number of rotatable bonds is 5. The van der Waals surface area contributed by atoms with Gasteiger partial charge in [0.1, 0.15) is 10.8 Å². The zero-order valence-electron chi connectivity index (χ0n) is 11.2. The molecule has 0 saturated carbocycles. The van der Waals surface area contributed by atoms with Gasteiger partial charge in [0.25, 0.3) is 5.91 Å². The molecule has 1 unspecified atom stereocenters. The summed E-state index contributed by atoms with van der Waals surface area (Å²) < 4.78 is 0. The maximum Gasteiger partial charge on any atom is 0.269 e. The minimum Gasteiger partial charge on any atom is -0.350 e. The zero-order chi connectivity index (χ0) is 13.7. The zero-order valence-corrected chi connectivity index (χ0v) is 12.0. The largest absolute Gasteiger partial charge is 0.350 e. The van der Waals surface area contributed by atoms with Crippen LogP contribution in [0.3, 0.4) is 0 Å². The maximum absolute atomic E-state index is 11.9. The van der Waals surface area contributed by atoms with Gasteiger partial charge in [0, 0.05) is 13.1 Å². The van der Waals surface area contributed by atoms with Crippen molar-refractivity contribution in [2.45, 2.75) is 19.8 Å². The van der Waals surface area contributed by atoms with Crippen molar-refractivity contribution >= 4 is 17.5 Å². The van der Waals surface area contributed by atoms with Gasteiger partial charge >= 0.3 is 0 Å². The minimum absolute atomic E-state index is 0.157. The summed E-state index contributed by atoms with van der Waals surface area (Å²) in [6.07, 6.45) is 2.59. The van der Waals surface area contributed by atoms with Crippen LogP contribution < -0.4 is 5.32 Å². The first-order valence-corrected chi connectivity index (χ1v) is 7.16.